The Balaban J connectivity index is 3.58. The first kappa shape index (κ1) is 18.4. The molecule has 23 heavy (non-hydrogen) atoms. The zero-order chi connectivity index (χ0) is 18.0. The van der Waals surface area contributed by atoms with Crippen molar-refractivity contribution in [3.8, 4) is 5.88 Å². The van der Waals surface area contributed by atoms with Gasteiger partial charge in [0.15, 0.2) is 0 Å². The molecule has 7 nitrogen and oxygen atoms in total. The molecule has 0 spiro atoms. The van der Waals surface area contributed by atoms with E-state index in [-0.39, 0.29) is 6.07 Å². The molecule has 128 valence electrons. The fraction of sp³-hybridized carbons (Fsp3) is 0.400. The topological polar surface area (TPSA) is 91.6 Å². The van der Waals surface area contributed by atoms with Crippen molar-refractivity contribution in [1.29, 1.82) is 0 Å². The van der Waals surface area contributed by atoms with Crippen LogP contribution < -0.4 is 4.74 Å². The number of ether oxygens (including phenoxy) is 2. The maximum Gasteiger partial charge on any atom is 0.574 e. The van der Waals surface area contributed by atoms with Crippen molar-refractivity contribution in [3.05, 3.63) is 27.4 Å². The normalized spacial score (nSPS) is 12.0. The number of nitrogens with zero attached hydrogens (tertiary/aromatic N) is 2. The van der Waals surface area contributed by atoms with Gasteiger partial charge in [-0.3, -0.25) is 14.9 Å². The van der Waals surface area contributed by atoms with Crippen molar-refractivity contribution in [1.82, 2.24) is 4.98 Å². The molecule has 13 heteroatoms. The van der Waals surface area contributed by atoms with Gasteiger partial charge in [-0.05, 0) is 0 Å². The van der Waals surface area contributed by atoms with Gasteiger partial charge < -0.3 is 9.47 Å². The SMILES string of the molecule is COC(=O)Cc1cc(OC(F)(F)F)nc(C(F)(F)F)c1[N+](=O)[O-]. The van der Waals surface area contributed by atoms with E-state index in [4.69, 9.17) is 0 Å². The van der Waals surface area contributed by atoms with Crippen molar-refractivity contribution in [3.63, 3.8) is 0 Å². The molecule has 0 unspecified atom stereocenters. The van der Waals surface area contributed by atoms with Gasteiger partial charge in [0.05, 0.1) is 18.5 Å². The number of aromatic nitrogens is 1. The Morgan fingerprint density at radius 3 is 2.26 bits per heavy atom. The van der Waals surface area contributed by atoms with Gasteiger partial charge in [-0.1, -0.05) is 0 Å². The minimum Gasteiger partial charge on any atom is -0.469 e. The molecule has 1 aromatic heterocycles. The number of esters is 1. The van der Waals surface area contributed by atoms with Gasteiger partial charge in [-0.2, -0.15) is 13.2 Å². The Labute approximate surface area is 123 Å². The van der Waals surface area contributed by atoms with E-state index in [1.54, 1.807) is 0 Å². The molecule has 0 radical (unpaired) electrons. The summed E-state index contributed by atoms with van der Waals surface area (Å²) in [5, 5.41) is 10.8. The predicted molar refractivity (Wildman–Crippen MR) is 58.3 cm³/mol. The van der Waals surface area contributed by atoms with Crippen LogP contribution in [0.25, 0.3) is 0 Å². The lowest BCUT2D eigenvalue weighted by molar-refractivity contribution is -0.389. The van der Waals surface area contributed by atoms with Gasteiger partial charge in [0.2, 0.25) is 11.6 Å². The van der Waals surface area contributed by atoms with Crippen LogP contribution in [0.2, 0.25) is 0 Å². The summed E-state index contributed by atoms with van der Waals surface area (Å²) in [7, 11) is 0.840. The van der Waals surface area contributed by atoms with E-state index in [1.165, 1.54) is 0 Å². The standard InChI is InChI=1S/C10H6F6N2O5/c1-22-6(19)3-4-2-5(23-10(14,15)16)17-8(9(11,12)13)7(4)18(20)21/h2H,3H2,1H3. The largest absolute Gasteiger partial charge is 0.574 e. The quantitative estimate of drug-likeness (QED) is 0.359. The molecular weight excluding hydrogens is 342 g/mol. The second kappa shape index (κ2) is 6.26. The number of hydrogen-bond acceptors (Lipinski definition) is 6. The number of halogens is 6. The first-order valence-corrected chi connectivity index (χ1v) is 5.43. The van der Waals surface area contributed by atoms with Crippen molar-refractivity contribution < 1.29 is 45.5 Å². The summed E-state index contributed by atoms with van der Waals surface area (Å²) in [6.07, 6.45) is -11.9. The monoisotopic (exact) mass is 348 g/mol. The molecule has 0 aliphatic rings. The lowest BCUT2D eigenvalue weighted by atomic mass is 10.1. The van der Waals surface area contributed by atoms with Gasteiger partial charge >= 0.3 is 24.2 Å². The minimum absolute atomic E-state index is 0.220. The molecule has 0 N–H and O–H groups in total. The molecule has 0 saturated carbocycles. The van der Waals surface area contributed by atoms with Crippen LogP contribution in [0.3, 0.4) is 0 Å². The molecule has 0 saturated heterocycles. The van der Waals surface area contributed by atoms with Crippen LogP contribution >= 0.6 is 0 Å². The highest BCUT2D eigenvalue weighted by Gasteiger charge is 2.44. The highest BCUT2D eigenvalue weighted by Crippen LogP contribution is 2.39. The van der Waals surface area contributed by atoms with E-state index < -0.39 is 52.7 Å². The molecule has 0 aliphatic carbocycles. The summed E-state index contributed by atoms with van der Waals surface area (Å²) >= 11 is 0. The zero-order valence-electron chi connectivity index (χ0n) is 11.0. The second-order valence-electron chi connectivity index (χ2n) is 3.87. The van der Waals surface area contributed by atoms with Gasteiger partial charge in [-0.15, -0.1) is 13.2 Å². The van der Waals surface area contributed by atoms with Gasteiger partial charge in [0.1, 0.15) is 0 Å². The summed E-state index contributed by atoms with van der Waals surface area (Å²) in [5.41, 5.74) is -4.86. The highest BCUT2D eigenvalue weighted by atomic mass is 19.4. The molecule has 0 bridgehead atoms. The third-order valence-corrected chi connectivity index (χ3v) is 2.28. The number of methoxy groups -OCH3 is 1. The predicted octanol–water partition coefficient (Wildman–Crippen LogP) is 2.62. The first-order chi connectivity index (χ1) is 10.3. The van der Waals surface area contributed by atoms with Crippen LogP contribution in [0.5, 0.6) is 5.88 Å². The molecule has 0 fully saturated rings. The van der Waals surface area contributed by atoms with E-state index in [0.717, 1.165) is 7.11 Å². The van der Waals surface area contributed by atoms with Gasteiger partial charge in [0.25, 0.3) is 0 Å². The van der Waals surface area contributed by atoms with Crippen LogP contribution in [0, 0.1) is 10.1 Å². The number of hydrogen-bond donors (Lipinski definition) is 0. The third-order valence-electron chi connectivity index (χ3n) is 2.28. The maximum absolute atomic E-state index is 12.8. The number of rotatable bonds is 4. The fourth-order valence-electron chi connectivity index (χ4n) is 1.50. The molecular formula is C10H6F6N2O5. The maximum atomic E-state index is 12.8. The lowest BCUT2D eigenvalue weighted by Gasteiger charge is -2.13. The highest BCUT2D eigenvalue weighted by molar-refractivity contribution is 5.74. The van der Waals surface area contributed by atoms with Crippen LogP contribution in [0.15, 0.2) is 6.07 Å². The van der Waals surface area contributed by atoms with Gasteiger partial charge in [0, 0.05) is 11.6 Å². The van der Waals surface area contributed by atoms with Crippen LogP contribution in [-0.2, 0) is 22.1 Å². The third kappa shape index (κ3) is 4.96. The average Bonchev–Trinajstić information content (AvgIpc) is 2.34. The van der Waals surface area contributed by atoms with Crippen LogP contribution in [-0.4, -0.2) is 29.3 Å². The molecule has 0 atom stereocenters. The smallest absolute Gasteiger partial charge is 0.469 e. The van der Waals surface area contributed by atoms with Crippen molar-refractivity contribution in [2.75, 3.05) is 7.11 Å². The number of carbonyl (C=O) groups excluding carboxylic acids is 1. The molecule has 1 aromatic rings. The summed E-state index contributed by atoms with van der Waals surface area (Å²) in [4.78, 5) is 22.9. The fourth-order valence-corrected chi connectivity index (χ4v) is 1.50. The van der Waals surface area contributed by atoms with Crippen molar-refractivity contribution in [2.45, 2.75) is 19.0 Å². The Morgan fingerprint density at radius 1 is 1.30 bits per heavy atom. The van der Waals surface area contributed by atoms with E-state index in [1.807, 2.05) is 0 Å². The van der Waals surface area contributed by atoms with Crippen molar-refractivity contribution >= 4 is 11.7 Å². The van der Waals surface area contributed by atoms with E-state index in [0.29, 0.717) is 0 Å². The molecule has 0 aliphatic heterocycles. The summed E-state index contributed by atoms with van der Waals surface area (Å²) in [6.45, 7) is 0. The Morgan fingerprint density at radius 2 is 1.87 bits per heavy atom. The zero-order valence-corrected chi connectivity index (χ0v) is 11.0. The Kier molecular flexibility index (Phi) is 5.02. The average molecular weight is 348 g/mol. The van der Waals surface area contributed by atoms with E-state index in [2.05, 4.69) is 14.5 Å². The summed E-state index contributed by atoms with van der Waals surface area (Å²) < 4.78 is 82.1. The number of carbonyl (C=O) groups is 1. The minimum atomic E-state index is -5.45. The summed E-state index contributed by atoms with van der Waals surface area (Å²) in [6, 6.07) is 0.220. The molecule has 0 aromatic carbocycles. The number of nitro groups is 1. The summed E-state index contributed by atoms with van der Waals surface area (Å²) in [5.74, 6) is -2.79. The van der Waals surface area contributed by atoms with Crippen molar-refractivity contribution in [2.24, 2.45) is 0 Å². The molecule has 0 amide bonds. The van der Waals surface area contributed by atoms with Gasteiger partial charge in [-0.25, -0.2) is 4.98 Å². The molecule has 1 heterocycles. The Hall–Kier alpha value is -2.60. The van der Waals surface area contributed by atoms with Crippen LogP contribution in [0.4, 0.5) is 32.0 Å². The first-order valence-electron chi connectivity index (χ1n) is 5.43. The number of alkyl halides is 6. The Bertz CT molecular complexity index is 627. The molecule has 1 rings (SSSR count). The second-order valence-corrected chi connectivity index (χ2v) is 3.87. The van der Waals surface area contributed by atoms with Crippen LogP contribution in [0.1, 0.15) is 11.3 Å². The van der Waals surface area contributed by atoms with E-state index in [9.17, 15) is 41.3 Å². The van der Waals surface area contributed by atoms with E-state index >= 15 is 0 Å². The lowest BCUT2D eigenvalue weighted by Crippen LogP contribution is -2.21. The number of pyridine rings is 1.